The van der Waals surface area contributed by atoms with E-state index >= 15 is 0 Å². The van der Waals surface area contributed by atoms with Crippen molar-refractivity contribution in [2.75, 3.05) is 7.11 Å². The van der Waals surface area contributed by atoms with Crippen LogP contribution >= 0.6 is 0 Å². The fraction of sp³-hybridized carbons (Fsp3) is 0.353. The van der Waals surface area contributed by atoms with Crippen LogP contribution in [-0.2, 0) is 6.42 Å². The first-order valence-corrected chi connectivity index (χ1v) is 7.11. The van der Waals surface area contributed by atoms with Gasteiger partial charge in [0.25, 0.3) is 0 Å². The van der Waals surface area contributed by atoms with E-state index in [0.717, 1.165) is 18.6 Å². The maximum absolute atomic E-state index is 5.20. The molecule has 3 rings (SSSR count). The number of pyridine rings is 1. The summed E-state index contributed by atoms with van der Waals surface area (Å²) in [6.45, 7) is 2.20. The van der Waals surface area contributed by atoms with Crippen molar-refractivity contribution in [2.45, 2.75) is 31.8 Å². The van der Waals surface area contributed by atoms with E-state index in [1.54, 1.807) is 7.11 Å². The monoisotopic (exact) mass is 268 g/mol. The molecule has 1 aromatic carbocycles. The lowest BCUT2D eigenvalue weighted by Gasteiger charge is -2.20. The molecule has 0 fully saturated rings. The number of benzene rings is 1. The molecule has 3 nitrogen and oxygen atoms in total. The number of nitrogens with zero attached hydrogens (tertiary/aromatic N) is 1. The van der Waals surface area contributed by atoms with E-state index in [9.17, 15) is 0 Å². The van der Waals surface area contributed by atoms with Crippen LogP contribution in [0.15, 0.2) is 42.6 Å². The molecule has 1 aromatic heterocycles. The Balaban J connectivity index is 1.71. The molecule has 1 heterocycles. The van der Waals surface area contributed by atoms with Crippen molar-refractivity contribution < 1.29 is 4.74 Å². The smallest absolute Gasteiger partial charge is 0.118 e. The average Bonchev–Trinajstić information content (AvgIpc) is 2.91. The lowest BCUT2D eigenvalue weighted by Crippen LogP contribution is -2.23. The summed E-state index contributed by atoms with van der Waals surface area (Å²) in [4.78, 5) is 4.53. The summed E-state index contributed by atoms with van der Waals surface area (Å²) in [5.74, 6) is 0.897. The fourth-order valence-corrected chi connectivity index (χ4v) is 2.87. The molecule has 0 bridgehead atoms. The van der Waals surface area contributed by atoms with E-state index in [-0.39, 0.29) is 0 Å². The van der Waals surface area contributed by atoms with Crippen molar-refractivity contribution >= 4 is 0 Å². The summed E-state index contributed by atoms with van der Waals surface area (Å²) in [5.41, 5.74) is 3.87. The molecule has 2 unspecified atom stereocenters. The summed E-state index contributed by atoms with van der Waals surface area (Å²) in [7, 11) is 1.69. The average molecular weight is 268 g/mol. The predicted octanol–water partition coefficient (Wildman–Crippen LogP) is 3.43. The summed E-state index contributed by atoms with van der Waals surface area (Å²) >= 11 is 0. The highest BCUT2D eigenvalue weighted by Crippen LogP contribution is 2.31. The minimum Gasteiger partial charge on any atom is -0.497 e. The molecule has 104 valence electrons. The zero-order valence-electron chi connectivity index (χ0n) is 12.0. The van der Waals surface area contributed by atoms with Gasteiger partial charge in [0.15, 0.2) is 0 Å². The van der Waals surface area contributed by atoms with Crippen LogP contribution in [0.5, 0.6) is 5.75 Å². The van der Waals surface area contributed by atoms with E-state index in [1.807, 2.05) is 24.4 Å². The molecular formula is C17H20N2O. The SMILES string of the molecule is COc1ccc(C(C)NC2CCc3cccnc32)cc1. The van der Waals surface area contributed by atoms with Crippen LogP contribution in [0.1, 0.15) is 42.2 Å². The van der Waals surface area contributed by atoms with Crippen LogP contribution in [0.2, 0.25) is 0 Å². The Kier molecular flexibility index (Phi) is 3.70. The molecule has 3 heteroatoms. The van der Waals surface area contributed by atoms with E-state index in [1.165, 1.54) is 16.8 Å². The van der Waals surface area contributed by atoms with Gasteiger partial charge in [0.2, 0.25) is 0 Å². The molecular weight excluding hydrogens is 248 g/mol. The Morgan fingerprint density at radius 3 is 2.80 bits per heavy atom. The van der Waals surface area contributed by atoms with Crippen LogP contribution in [-0.4, -0.2) is 12.1 Å². The van der Waals surface area contributed by atoms with Gasteiger partial charge in [0, 0.05) is 12.2 Å². The van der Waals surface area contributed by atoms with Crippen LogP contribution in [0, 0.1) is 0 Å². The number of hydrogen-bond acceptors (Lipinski definition) is 3. The molecule has 1 N–H and O–H groups in total. The third kappa shape index (κ3) is 2.54. The molecule has 0 saturated carbocycles. The van der Waals surface area contributed by atoms with E-state index < -0.39 is 0 Å². The van der Waals surface area contributed by atoms with Crippen molar-refractivity contribution in [3.05, 3.63) is 59.4 Å². The third-order valence-corrected chi connectivity index (χ3v) is 4.03. The van der Waals surface area contributed by atoms with Gasteiger partial charge in [0.1, 0.15) is 5.75 Å². The van der Waals surface area contributed by atoms with Gasteiger partial charge in [-0.05, 0) is 49.1 Å². The highest BCUT2D eigenvalue weighted by molar-refractivity contribution is 5.31. The topological polar surface area (TPSA) is 34.1 Å². The van der Waals surface area contributed by atoms with Gasteiger partial charge in [-0.2, -0.15) is 0 Å². The van der Waals surface area contributed by atoms with Crippen LogP contribution < -0.4 is 10.1 Å². The minimum atomic E-state index is 0.305. The van der Waals surface area contributed by atoms with Crippen molar-refractivity contribution in [2.24, 2.45) is 0 Å². The number of aromatic nitrogens is 1. The number of hydrogen-bond donors (Lipinski definition) is 1. The summed E-state index contributed by atoms with van der Waals surface area (Å²) < 4.78 is 5.20. The van der Waals surface area contributed by atoms with Crippen molar-refractivity contribution in [3.63, 3.8) is 0 Å². The molecule has 1 aliphatic carbocycles. The summed E-state index contributed by atoms with van der Waals surface area (Å²) in [5, 5.41) is 3.69. The molecule has 0 aliphatic heterocycles. The minimum absolute atomic E-state index is 0.305. The summed E-state index contributed by atoms with van der Waals surface area (Å²) in [6.07, 6.45) is 4.14. The van der Waals surface area contributed by atoms with E-state index in [4.69, 9.17) is 4.74 Å². The molecule has 0 spiro atoms. The second kappa shape index (κ2) is 5.63. The number of aryl methyl sites for hydroxylation is 1. The zero-order valence-corrected chi connectivity index (χ0v) is 12.0. The highest BCUT2D eigenvalue weighted by atomic mass is 16.5. The Bertz CT molecular complexity index is 580. The normalized spacial score (nSPS) is 18.6. The number of ether oxygens (including phenoxy) is 1. The number of nitrogens with one attached hydrogen (secondary N) is 1. The van der Waals surface area contributed by atoms with Crippen molar-refractivity contribution in [1.82, 2.24) is 10.3 Å². The number of rotatable bonds is 4. The number of methoxy groups -OCH3 is 1. The molecule has 2 atom stereocenters. The Morgan fingerprint density at radius 2 is 2.05 bits per heavy atom. The molecule has 0 radical (unpaired) electrons. The standard InChI is InChI=1S/C17H20N2O/c1-12(13-5-8-15(20-2)9-6-13)19-16-10-7-14-4-3-11-18-17(14)16/h3-6,8-9,11-12,16,19H,7,10H2,1-2H3. The van der Waals surface area contributed by atoms with E-state index in [2.05, 4.69) is 35.4 Å². The number of fused-ring (bicyclic) bond motifs is 1. The lowest BCUT2D eigenvalue weighted by atomic mass is 10.1. The maximum atomic E-state index is 5.20. The van der Waals surface area contributed by atoms with Gasteiger partial charge in [-0.25, -0.2) is 0 Å². The second-order valence-electron chi connectivity index (χ2n) is 5.30. The maximum Gasteiger partial charge on any atom is 0.118 e. The largest absolute Gasteiger partial charge is 0.497 e. The van der Waals surface area contributed by atoms with Crippen molar-refractivity contribution in [3.8, 4) is 5.75 Å². The fourth-order valence-electron chi connectivity index (χ4n) is 2.87. The lowest BCUT2D eigenvalue weighted by molar-refractivity contribution is 0.413. The first-order chi connectivity index (χ1) is 9.78. The molecule has 0 amide bonds. The quantitative estimate of drug-likeness (QED) is 0.922. The Hall–Kier alpha value is -1.87. The van der Waals surface area contributed by atoms with Gasteiger partial charge < -0.3 is 10.1 Å². The predicted molar refractivity (Wildman–Crippen MR) is 79.8 cm³/mol. The van der Waals surface area contributed by atoms with Gasteiger partial charge >= 0.3 is 0 Å². The molecule has 1 aliphatic rings. The van der Waals surface area contributed by atoms with Gasteiger partial charge in [0.05, 0.1) is 18.8 Å². The Labute approximate surface area is 120 Å². The van der Waals surface area contributed by atoms with E-state index in [0.29, 0.717) is 12.1 Å². The van der Waals surface area contributed by atoms with Gasteiger partial charge in [-0.1, -0.05) is 18.2 Å². The first kappa shape index (κ1) is 13.1. The third-order valence-electron chi connectivity index (χ3n) is 4.03. The van der Waals surface area contributed by atoms with Crippen molar-refractivity contribution in [1.29, 1.82) is 0 Å². The first-order valence-electron chi connectivity index (χ1n) is 7.11. The van der Waals surface area contributed by atoms with Crippen LogP contribution in [0.3, 0.4) is 0 Å². The highest BCUT2D eigenvalue weighted by Gasteiger charge is 2.24. The molecule has 2 aromatic rings. The van der Waals surface area contributed by atoms with Crippen LogP contribution in [0.25, 0.3) is 0 Å². The summed E-state index contributed by atoms with van der Waals surface area (Å²) in [6, 6.07) is 13.1. The second-order valence-corrected chi connectivity index (χ2v) is 5.30. The molecule has 20 heavy (non-hydrogen) atoms. The van der Waals surface area contributed by atoms with Gasteiger partial charge in [-0.15, -0.1) is 0 Å². The van der Waals surface area contributed by atoms with Crippen LogP contribution in [0.4, 0.5) is 0 Å². The Morgan fingerprint density at radius 1 is 1.25 bits per heavy atom. The molecule has 0 saturated heterocycles. The van der Waals surface area contributed by atoms with Gasteiger partial charge in [-0.3, -0.25) is 4.98 Å². The zero-order chi connectivity index (χ0) is 13.9.